The van der Waals surface area contributed by atoms with Crippen molar-refractivity contribution in [2.75, 3.05) is 0 Å². The first kappa shape index (κ1) is 17.7. The molecule has 0 aliphatic heterocycles. The molecule has 2 rings (SSSR count). The van der Waals surface area contributed by atoms with Crippen molar-refractivity contribution in [3.63, 3.8) is 0 Å². The molecular weight excluding hydrogens is 288 g/mol. The lowest BCUT2D eigenvalue weighted by atomic mass is 9.57. The fourth-order valence-electron chi connectivity index (χ4n) is 3.81. The number of fused-ring (bicyclic) bond motifs is 1. The Morgan fingerprint density at radius 3 is 2.65 bits per heavy atom. The largest absolute Gasteiger partial charge is 0.459 e. The van der Waals surface area contributed by atoms with Gasteiger partial charge in [-0.15, -0.1) is 0 Å². The summed E-state index contributed by atoms with van der Waals surface area (Å²) in [5.74, 6) is 0.0186. The highest BCUT2D eigenvalue weighted by Gasteiger charge is 2.48. The highest BCUT2D eigenvalue weighted by molar-refractivity contribution is 5.95. The zero-order chi connectivity index (χ0) is 17.4. The van der Waals surface area contributed by atoms with Gasteiger partial charge in [0.25, 0.3) is 0 Å². The Kier molecular flexibility index (Phi) is 4.98. The van der Waals surface area contributed by atoms with E-state index in [0.29, 0.717) is 5.57 Å². The molecule has 126 valence electrons. The van der Waals surface area contributed by atoms with Gasteiger partial charge in [0.1, 0.15) is 6.10 Å². The molecule has 1 unspecified atom stereocenters. The summed E-state index contributed by atoms with van der Waals surface area (Å²) in [6.45, 7) is 13.9. The molecule has 23 heavy (non-hydrogen) atoms. The van der Waals surface area contributed by atoms with E-state index in [1.54, 1.807) is 13.0 Å². The summed E-state index contributed by atoms with van der Waals surface area (Å²) in [6.07, 6.45) is 5.88. The molecule has 3 nitrogen and oxygen atoms in total. The number of ether oxygens (including phenoxy) is 1. The minimum Gasteiger partial charge on any atom is -0.459 e. The molecule has 0 spiro atoms. The van der Waals surface area contributed by atoms with Crippen molar-refractivity contribution in [1.82, 2.24) is 0 Å². The van der Waals surface area contributed by atoms with E-state index in [1.807, 2.05) is 19.9 Å². The molecule has 0 bridgehead atoms. The fraction of sp³-hybridized carbons (Fsp3) is 0.600. The third-order valence-corrected chi connectivity index (χ3v) is 5.89. The maximum atomic E-state index is 12.3. The van der Waals surface area contributed by atoms with Crippen LogP contribution in [0.2, 0.25) is 0 Å². The van der Waals surface area contributed by atoms with E-state index in [1.165, 1.54) is 5.57 Å². The van der Waals surface area contributed by atoms with Crippen LogP contribution in [-0.4, -0.2) is 17.9 Å². The topological polar surface area (TPSA) is 43.4 Å². The van der Waals surface area contributed by atoms with Gasteiger partial charge >= 0.3 is 5.97 Å². The molecular formula is C20H28O3. The van der Waals surface area contributed by atoms with E-state index in [4.69, 9.17) is 4.74 Å². The molecule has 0 saturated heterocycles. The van der Waals surface area contributed by atoms with Gasteiger partial charge in [-0.1, -0.05) is 37.6 Å². The summed E-state index contributed by atoms with van der Waals surface area (Å²) >= 11 is 0. The minimum atomic E-state index is -0.233. The standard InChI is InChI=1S/C20H28O3/c1-7-13(4)19(22)23-18-9-8-15-10-17(21)16(12(2)3)11-20(15,6)14(18)5/h7,10,14,16,18H,2,8-9,11H2,1,3-6H3/b13-7-/t14-,16+,18?,20+/m0/s1. The molecule has 1 saturated carbocycles. The molecule has 0 N–H and O–H groups in total. The first-order valence-electron chi connectivity index (χ1n) is 8.45. The van der Waals surface area contributed by atoms with Gasteiger partial charge in [-0.2, -0.15) is 0 Å². The molecule has 2 aliphatic carbocycles. The van der Waals surface area contributed by atoms with Gasteiger partial charge in [0.05, 0.1) is 0 Å². The third-order valence-electron chi connectivity index (χ3n) is 5.89. The third kappa shape index (κ3) is 3.19. The van der Waals surface area contributed by atoms with Gasteiger partial charge in [-0.25, -0.2) is 4.79 Å². The van der Waals surface area contributed by atoms with Gasteiger partial charge in [-0.3, -0.25) is 4.79 Å². The van der Waals surface area contributed by atoms with Crippen LogP contribution < -0.4 is 0 Å². The van der Waals surface area contributed by atoms with Gasteiger partial charge in [0.15, 0.2) is 5.78 Å². The van der Waals surface area contributed by atoms with Crippen LogP contribution in [-0.2, 0) is 14.3 Å². The van der Waals surface area contributed by atoms with Crippen LogP contribution in [0.15, 0.2) is 35.5 Å². The van der Waals surface area contributed by atoms with E-state index in [9.17, 15) is 9.59 Å². The second-order valence-corrected chi connectivity index (χ2v) is 7.34. The summed E-state index contributed by atoms with van der Waals surface area (Å²) < 4.78 is 5.75. The predicted molar refractivity (Wildman–Crippen MR) is 91.8 cm³/mol. The Morgan fingerprint density at radius 1 is 1.43 bits per heavy atom. The molecule has 0 heterocycles. The normalized spacial score (nSPS) is 34.5. The number of carbonyl (C=O) groups is 2. The molecule has 1 fully saturated rings. The molecule has 2 aliphatic rings. The van der Waals surface area contributed by atoms with Gasteiger partial charge in [-0.05, 0) is 51.5 Å². The summed E-state index contributed by atoms with van der Waals surface area (Å²) in [5.41, 5.74) is 2.66. The number of carbonyl (C=O) groups excluding carboxylic acids is 2. The molecule has 3 heteroatoms. The van der Waals surface area contributed by atoms with E-state index in [0.717, 1.165) is 24.8 Å². The molecule has 0 aromatic carbocycles. The van der Waals surface area contributed by atoms with Crippen molar-refractivity contribution in [2.45, 2.75) is 60.0 Å². The molecule has 0 radical (unpaired) electrons. The maximum Gasteiger partial charge on any atom is 0.333 e. The van der Waals surface area contributed by atoms with Crippen molar-refractivity contribution < 1.29 is 14.3 Å². The molecule has 4 atom stereocenters. The Hall–Kier alpha value is -1.64. The van der Waals surface area contributed by atoms with Gasteiger partial charge in [0, 0.05) is 17.4 Å². The Morgan fingerprint density at radius 2 is 2.09 bits per heavy atom. The molecule has 0 aromatic heterocycles. The van der Waals surface area contributed by atoms with E-state index < -0.39 is 0 Å². The Labute approximate surface area is 139 Å². The number of hydrogen-bond donors (Lipinski definition) is 0. The molecule has 0 amide bonds. The van der Waals surface area contributed by atoms with Crippen LogP contribution in [0.5, 0.6) is 0 Å². The highest BCUT2D eigenvalue weighted by Crippen LogP contribution is 2.53. The second kappa shape index (κ2) is 6.46. The lowest BCUT2D eigenvalue weighted by molar-refractivity contribution is -0.151. The van der Waals surface area contributed by atoms with Crippen molar-refractivity contribution in [2.24, 2.45) is 17.3 Å². The average Bonchev–Trinajstić information content (AvgIpc) is 2.50. The van der Waals surface area contributed by atoms with Crippen LogP contribution in [0.1, 0.15) is 53.9 Å². The zero-order valence-electron chi connectivity index (χ0n) is 14.9. The monoisotopic (exact) mass is 316 g/mol. The smallest absolute Gasteiger partial charge is 0.333 e. The summed E-state index contributed by atoms with van der Waals surface area (Å²) in [6, 6.07) is 0. The Bertz CT molecular complexity index is 596. The number of allylic oxidation sites excluding steroid dienone is 4. The number of hydrogen-bond acceptors (Lipinski definition) is 3. The fourth-order valence-corrected chi connectivity index (χ4v) is 3.81. The van der Waals surface area contributed by atoms with Crippen molar-refractivity contribution >= 4 is 11.8 Å². The molecule has 0 aromatic rings. The lowest BCUT2D eigenvalue weighted by Gasteiger charge is -2.49. The average molecular weight is 316 g/mol. The van der Waals surface area contributed by atoms with E-state index in [2.05, 4.69) is 20.4 Å². The first-order valence-corrected chi connectivity index (χ1v) is 8.45. The number of ketones is 1. The second-order valence-electron chi connectivity index (χ2n) is 7.34. The van der Waals surface area contributed by atoms with Crippen molar-refractivity contribution in [3.8, 4) is 0 Å². The Balaban J connectivity index is 2.25. The van der Waals surface area contributed by atoms with Crippen molar-refractivity contribution in [3.05, 3.63) is 35.5 Å². The summed E-state index contributed by atoms with van der Waals surface area (Å²) in [4.78, 5) is 24.4. The predicted octanol–water partition coefficient (Wildman–Crippen LogP) is 4.39. The van der Waals surface area contributed by atoms with Crippen LogP contribution in [0.3, 0.4) is 0 Å². The zero-order valence-corrected chi connectivity index (χ0v) is 14.9. The van der Waals surface area contributed by atoms with Crippen LogP contribution in [0, 0.1) is 17.3 Å². The number of rotatable bonds is 3. The highest BCUT2D eigenvalue weighted by atomic mass is 16.5. The van der Waals surface area contributed by atoms with E-state index in [-0.39, 0.29) is 35.1 Å². The maximum absolute atomic E-state index is 12.3. The van der Waals surface area contributed by atoms with Gasteiger partial charge < -0.3 is 4.74 Å². The van der Waals surface area contributed by atoms with Gasteiger partial charge in [0.2, 0.25) is 0 Å². The number of esters is 1. The van der Waals surface area contributed by atoms with Crippen LogP contribution in [0.4, 0.5) is 0 Å². The van der Waals surface area contributed by atoms with Crippen LogP contribution >= 0.6 is 0 Å². The van der Waals surface area contributed by atoms with Crippen LogP contribution in [0.25, 0.3) is 0 Å². The SMILES string of the molecule is C=C(C)[C@H]1C[C@@]2(C)C(=CC1=O)CCC(OC(=O)/C(C)=C\C)[C@@H]2C. The first-order chi connectivity index (χ1) is 10.7. The quantitative estimate of drug-likeness (QED) is 0.440. The van der Waals surface area contributed by atoms with Crippen molar-refractivity contribution in [1.29, 1.82) is 0 Å². The summed E-state index contributed by atoms with van der Waals surface area (Å²) in [5, 5.41) is 0. The lowest BCUT2D eigenvalue weighted by Crippen LogP contribution is -2.46. The minimum absolute atomic E-state index is 0.0986. The van der Waals surface area contributed by atoms with E-state index >= 15 is 0 Å². The summed E-state index contributed by atoms with van der Waals surface area (Å²) in [7, 11) is 0.